The number of halogens is 2. The van der Waals surface area contributed by atoms with Crippen molar-refractivity contribution in [1.29, 1.82) is 0 Å². The summed E-state index contributed by atoms with van der Waals surface area (Å²) in [7, 11) is 0. The van der Waals surface area contributed by atoms with E-state index in [1.165, 1.54) is 0 Å². The van der Waals surface area contributed by atoms with Gasteiger partial charge in [-0.15, -0.1) is 0 Å². The molecule has 0 unspecified atom stereocenters. The predicted molar refractivity (Wildman–Crippen MR) is 59.4 cm³/mol. The second-order valence-corrected chi connectivity index (χ2v) is 4.29. The molecule has 4 heteroatoms. The first-order valence-corrected chi connectivity index (χ1v) is 4.77. The molecule has 1 aromatic heterocycles. The molecule has 2 nitrogen and oxygen atoms in total. The van der Waals surface area contributed by atoms with Crippen LogP contribution < -0.4 is 5.73 Å². The van der Waals surface area contributed by atoms with E-state index in [9.17, 15) is 0 Å². The summed E-state index contributed by atoms with van der Waals surface area (Å²) in [4.78, 5) is 3.99. The van der Waals surface area contributed by atoms with Crippen LogP contribution in [-0.2, 0) is 0 Å². The molecule has 0 saturated carbocycles. The normalized spacial score (nSPS) is 10.6. The number of aromatic nitrogens is 1. The molecule has 0 spiro atoms. The largest absolute Gasteiger partial charge is 0.316 e. The van der Waals surface area contributed by atoms with Crippen molar-refractivity contribution in [2.24, 2.45) is 5.73 Å². The Morgan fingerprint density at radius 3 is 2.50 bits per heavy atom. The molecule has 1 rings (SSSR count). The summed E-state index contributed by atoms with van der Waals surface area (Å²) in [5.41, 5.74) is 5.68. The second-order valence-electron chi connectivity index (χ2n) is 3.47. The predicted octanol–water partition coefficient (Wildman–Crippen LogP) is 2.48. The van der Waals surface area contributed by atoms with Crippen molar-refractivity contribution >= 4 is 23.2 Å². The minimum absolute atomic E-state index is 0.330. The van der Waals surface area contributed by atoms with Crippen LogP contribution in [0.1, 0.15) is 19.5 Å². The molecule has 74 valence electrons. The standard InChI is InChI=1S/C10H10Cl2N2/c1-10(2,13)4-3-8-5-7(11)6-9(12)14-8/h5-6H,13H2,1-2H3. The molecule has 0 aromatic carbocycles. The lowest BCUT2D eigenvalue weighted by Crippen LogP contribution is -2.29. The van der Waals surface area contributed by atoms with Gasteiger partial charge in [-0.2, -0.15) is 0 Å². The average Bonchev–Trinajstić information content (AvgIpc) is 1.97. The summed E-state index contributed by atoms with van der Waals surface area (Å²) in [6.07, 6.45) is 0. The van der Waals surface area contributed by atoms with E-state index in [1.54, 1.807) is 12.1 Å². The van der Waals surface area contributed by atoms with Crippen molar-refractivity contribution in [1.82, 2.24) is 4.98 Å². The van der Waals surface area contributed by atoms with Gasteiger partial charge in [0, 0.05) is 5.02 Å². The number of nitrogens with two attached hydrogens (primary N) is 1. The molecule has 0 bridgehead atoms. The SMILES string of the molecule is CC(C)(N)C#Cc1cc(Cl)cc(Cl)n1. The van der Waals surface area contributed by atoms with Crippen LogP contribution in [0, 0.1) is 11.8 Å². The van der Waals surface area contributed by atoms with E-state index in [-0.39, 0.29) is 0 Å². The van der Waals surface area contributed by atoms with Gasteiger partial charge < -0.3 is 5.73 Å². The first-order chi connectivity index (χ1) is 6.37. The quantitative estimate of drug-likeness (QED) is 0.548. The maximum Gasteiger partial charge on any atom is 0.132 e. The Balaban J connectivity index is 3.02. The Morgan fingerprint density at radius 2 is 2.00 bits per heavy atom. The third-order valence-electron chi connectivity index (χ3n) is 1.27. The molecule has 1 aromatic rings. The highest BCUT2D eigenvalue weighted by atomic mass is 35.5. The third kappa shape index (κ3) is 3.97. The Bertz CT molecular complexity index is 377. The Hall–Kier alpha value is -0.750. The zero-order chi connectivity index (χ0) is 10.8. The maximum atomic E-state index is 5.78. The molecule has 1 heterocycles. The van der Waals surface area contributed by atoms with Crippen LogP contribution in [0.2, 0.25) is 10.2 Å². The van der Waals surface area contributed by atoms with Crippen molar-refractivity contribution in [2.45, 2.75) is 19.4 Å². The van der Waals surface area contributed by atoms with Crippen molar-refractivity contribution in [3.05, 3.63) is 28.0 Å². The van der Waals surface area contributed by atoms with Gasteiger partial charge in [-0.25, -0.2) is 4.98 Å². The van der Waals surface area contributed by atoms with E-state index < -0.39 is 5.54 Å². The van der Waals surface area contributed by atoms with Crippen LogP contribution in [0.3, 0.4) is 0 Å². The number of pyridine rings is 1. The Kier molecular flexibility index (Phi) is 3.38. The maximum absolute atomic E-state index is 5.78. The molecule has 0 radical (unpaired) electrons. The minimum atomic E-state index is -0.545. The van der Waals surface area contributed by atoms with Crippen LogP contribution in [0.15, 0.2) is 12.1 Å². The fourth-order valence-electron chi connectivity index (χ4n) is 0.755. The number of hydrogen-bond donors (Lipinski definition) is 1. The number of rotatable bonds is 0. The highest BCUT2D eigenvalue weighted by Crippen LogP contribution is 2.14. The van der Waals surface area contributed by atoms with Crippen molar-refractivity contribution in [3.8, 4) is 11.8 Å². The summed E-state index contributed by atoms with van der Waals surface area (Å²) >= 11 is 11.5. The summed E-state index contributed by atoms with van der Waals surface area (Å²) in [5, 5.41) is 0.848. The zero-order valence-corrected chi connectivity index (χ0v) is 9.45. The molecular weight excluding hydrogens is 219 g/mol. The summed E-state index contributed by atoms with van der Waals surface area (Å²) < 4.78 is 0. The van der Waals surface area contributed by atoms with Crippen LogP contribution in [0.25, 0.3) is 0 Å². The summed E-state index contributed by atoms with van der Waals surface area (Å²) in [6, 6.07) is 3.20. The van der Waals surface area contributed by atoms with Gasteiger partial charge in [-0.1, -0.05) is 29.1 Å². The van der Waals surface area contributed by atoms with E-state index in [4.69, 9.17) is 28.9 Å². The lowest BCUT2D eigenvalue weighted by atomic mass is 10.1. The van der Waals surface area contributed by atoms with E-state index in [0.29, 0.717) is 15.9 Å². The second kappa shape index (κ2) is 4.18. The van der Waals surface area contributed by atoms with E-state index in [0.717, 1.165) is 0 Å². The fraction of sp³-hybridized carbons (Fsp3) is 0.300. The molecule has 0 saturated heterocycles. The van der Waals surface area contributed by atoms with Gasteiger partial charge in [0.15, 0.2) is 0 Å². The van der Waals surface area contributed by atoms with E-state index in [1.807, 2.05) is 13.8 Å². The monoisotopic (exact) mass is 228 g/mol. The summed E-state index contributed by atoms with van der Waals surface area (Å²) in [6.45, 7) is 3.62. The van der Waals surface area contributed by atoms with Crippen molar-refractivity contribution in [3.63, 3.8) is 0 Å². The first-order valence-electron chi connectivity index (χ1n) is 4.02. The molecule has 0 aliphatic carbocycles. The van der Waals surface area contributed by atoms with Gasteiger partial charge in [0.1, 0.15) is 10.8 Å². The van der Waals surface area contributed by atoms with Gasteiger partial charge in [0.05, 0.1) is 5.54 Å². The first kappa shape index (κ1) is 11.3. The Labute approximate surface area is 93.4 Å². The summed E-state index contributed by atoms with van der Waals surface area (Å²) in [5.74, 6) is 5.65. The highest BCUT2D eigenvalue weighted by Gasteiger charge is 2.04. The number of hydrogen-bond acceptors (Lipinski definition) is 2. The topological polar surface area (TPSA) is 38.9 Å². The Morgan fingerprint density at radius 1 is 1.36 bits per heavy atom. The zero-order valence-electron chi connectivity index (χ0n) is 7.94. The lowest BCUT2D eigenvalue weighted by molar-refractivity contribution is 0.680. The molecule has 0 amide bonds. The van der Waals surface area contributed by atoms with E-state index >= 15 is 0 Å². The van der Waals surface area contributed by atoms with Crippen LogP contribution in [0.5, 0.6) is 0 Å². The van der Waals surface area contributed by atoms with Gasteiger partial charge in [0.25, 0.3) is 0 Å². The smallest absolute Gasteiger partial charge is 0.132 e. The fourth-order valence-corrected chi connectivity index (χ4v) is 1.23. The van der Waals surface area contributed by atoms with E-state index in [2.05, 4.69) is 16.8 Å². The molecule has 0 aliphatic heterocycles. The molecule has 0 atom stereocenters. The van der Waals surface area contributed by atoms with Gasteiger partial charge in [-0.05, 0) is 31.9 Å². The molecule has 2 N–H and O–H groups in total. The van der Waals surface area contributed by atoms with Crippen LogP contribution >= 0.6 is 23.2 Å². The van der Waals surface area contributed by atoms with Crippen LogP contribution in [-0.4, -0.2) is 10.5 Å². The molecule has 0 aliphatic rings. The third-order valence-corrected chi connectivity index (χ3v) is 1.68. The molecule has 14 heavy (non-hydrogen) atoms. The molecular formula is C10H10Cl2N2. The van der Waals surface area contributed by atoms with Gasteiger partial charge in [-0.3, -0.25) is 0 Å². The lowest BCUT2D eigenvalue weighted by Gasteiger charge is -2.07. The van der Waals surface area contributed by atoms with Gasteiger partial charge >= 0.3 is 0 Å². The average molecular weight is 229 g/mol. The highest BCUT2D eigenvalue weighted by molar-refractivity contribution is 6.33. The molecule has 0 fully saturated rings. The van der Waals surface area contributed by atoms with Crippen molar-refractivity contribution < 1.29 is 0 Å². The van der Waals surface area contributed by atoms with Crippen molar-refractivity contribution in [2.75, 3.05) is 0 Å². The minimum Gasteiger partial charge on any atom is -0.316 e. The van der Waals surface area contributed by atoms with Crippen LogP contribution in [0.4, 0.5) is 0 Å². The number of nitrogens with zero attached hydrogens (tertiary/aromatic N) is 1. The van der Waals surface area contributed by atoms with Gasteiger partial charge in [0.2, 0.25) is 0 Å².